The molecule has 2 aromatic heterocycles. The summed E-state index contributed by atoms with van der Waals surface area (Å²) in [6, 6.07) is 8.94. The number of hydrogen-bond acceptors (Lipinski definition) is 5. The molecule has 0 saturated carbocycles. The van der Waals surface area contributed by atoms with Crippen LogP contribution < -0.4 is 5.56 Å². The number of hydrogen-bond donors (Lipinski definition) is 1. The third kappa shape index (κ3) is 3.35. The second kappa shape index (κ2) is 6.96. The highest BCUT2D eigenvalue weighted by Gasteiger charge is 2.22. The molecule has 0 saturated heterocycles. The fourth-order valence-corrected chi connectivity index (χ4v) is 3.37. The minimum Gasteiger partial charge on any atom is -0.387 e. The molecule has 0 aliphatic carbocycles. The molecule has 0 spiro atoms. The summed E-state index contributed by atoms with van der Waals surface area (Å²) in [4.78, 5) is 31.4. The van der Waals surface area contributed by atoms with Crippen molar-refractivity contribution in [3.8, 4) is 0 Å². The highest BCUT2D eigenvalue weighted by atomic mass is 16.3. The average Bonchev–Trinajstić information content (AvgIpc) is 2.96. The van der Waals surface area contributed by atoms with Crippen molar-refractivity contribution in [3.63, 3.8) is 0 Å². The molecule has 0 unspecified atom stereocenters. The van der Waals surface area contributed by atoms with Gasteiger partial charge in [0.25, 0.3) is 5.56 Å². The van der Waals surface area contributed by atoms with Crippen LogP contribution in [0.25, 0.3) is 10.9 Å². The molecule has 27 heavy (non-hydrogen) atoms. The van der Waals surface area contributed by atoms with Crippen LogP contribution in [0.2, 0.25) is 0 Å². The monoisotopic (exact) mass is 367 g/mol. The average molecular weight is 367 g/mol. The standard InChI is InChI=1S/C19H21N5O3/c1-13(25)17-9-14-10-22(7-4-8-24(14)21-17)18(26)11-23-12-20-16-6-3-2-5-15(16)19(23)27/h2-3,5-6,9,12-13,25H,4,7-8,10-11H2,1H3/t13-/m0/s1. The van der Waals surface area contributed by atoms with Gasteiger partial charge < -0.3 is 10.0 Å². The van der Waals surface area contributed by atoms with Gasteiger partial charge in [0.15, 0.2) is 0 Å². The summed E-state index contributed by atoms with van der Waals surface area (Å²) in [5, 5.41) is 14.6. The van der Waals surface area contributed by atoms with E-state index in [1.54, 1.807) is 30.0 Å². The van der Waals surface area contributed by atoms with Crippen LogP contribution in [0, 0.1) is 0 Å². The first-order valence-electron chi connectivity index (χ1n) is 8.99. The zero-order valence-corrected chi connectivity index (χ0v) is 15.1. The molecule has 3 heterocycles. The van der Waals surface area contributed by atoms with Gasteiger partial charge in [-0.15, -0.1) is 0 Å². The number of fused-ring (bicyclic) bond motifs is 2. The van der Waals surface area contributed by atoms with Crippen LogP contribution in [-0.2, 0) is 24.4 Å². The van der Waals surface area contributed by atoms with E-state index in [0.717, 1.165) is 12.1 Å². The molecular formula is C19H21N5O3. The first-order valence-corrected chi connectivity index (χ1v) is 8.99. The summed E-state index contributed by atoms with van der Waals surface area (Å²) < 4.78 is 3.20. The van der Waals surface area contributed by atoms with Gasteiger partial charge in [-0.1, -0.05) is 12.1 Å². The van der Waals surface area contributed by atoms with Crippen LogP contribution >= 0.6 is 0 Å². The predicted octanol–water partition coefficient (Wildman–Crippen LogP) is 1.08. The number of benzene rings is 1. The number of rotatable bonds is 3. The van der Waals surface area contributed by atoms with Gasteiger partial charge >= 0.3 is 0 Å². The van der Waals surface area contributed by atoms with Gasteiger partial charge in [0.2, 0.25) is 5.91 Å². The van der Waals surface area contributed by atoms with E-state index in [9.17, 15) is 14.7 Å². The summed E-state index contributed by atoms with van der Waals surface area (Å²) in [6.45, 7) is 3.33. The van der Waals surface area contributed by atoms with Crippen molar-refractivity contribution in [2.24, 2.45) is 0 Å². The lowest BCUT2D eigenvalue weighted by Gasteiger charge is -2.20. The third-order valence-corrected chi connectivity index (χ3v) is 4.85. The molecule has 3 aromatic rings. The summed E-state index contributed by atoms with van der Waals surface area (Å²) in [7, 11) is 0. The van der Waals surface area contributed by atoms with Crippen molar-refractivity contribution >= 4 is 16.8 Å². The van der Waals surface area contributed by atoms with Gasteiger partial charge in [0, 0.05) is 13.1 Å². The SMILES string of the molecule is C[C@H](O)c1cc2n(n1)CCCN(C(=O)Cn1cnc3ccccc3c1=O)C2. The third-order valence-electron chi connectivity index (χ3n) is 4.85. The molecule has 1 atom stereocenters. The van der Waals surface area contributed by atoms with Crippen LogP contribution in [0.1, 0.15) is 30.8 Å². The molecule has 1 amide bonds. The van der Waals surface area contributed by atoms with Crippen molar-refractivity contribution in [1.82, 2.24) is 24.2 Å². The molecule has 0 bridgehead atoms. The number of aliphatic hydroxyl groups excluding tert-OH is 1. The van der Waals surface area contributed by atoms with E-state index in [2.05, 4.69) is 10.1 Å². The maximum Gasteiger partial charge on any atom is 0.261 e. The first-order chi connectivity index (χ1) is 13.0. The predicted molar refractivity (Wildman–Crippen MR) is 98.9 cm³/mol. The largest absolute Gasteiger partial charge is 0.387 e. The highest BCUT2D eigenvalue weighted by Crippen LogP contribution is 2.18. The zero-order chi connectivity index (χ0) is 19.0. The first kappa shape index (κ1) is 17.4. The van der Waals surface area contributed by atoms with Crippen LogP contribution in [0.15, 0.2) is 41.5 Å². The maximum absolute atomic E-state index is 12.8. The van der Waals surface area contributed by atoms with Gasteiger partial charge in [-0.05, 0) is 31.5 Å². The summed E-state index contributed by atoms with van der Waals surface area (Å²) in [5.74, 6) is -0.137. The van der Waals surface area contributed by atoms with E-state index in [1.165, 1.54) is 10.9 Å². The number of carbonyl (C=O) groups excluding carboxylic acids is 1. The van der Waals surface area contributed by atoms with Crippen molar-refractivity contribution in [1.29, 1.82) is 0 Å². The number of nitrogens with zero attached hydrogens (tertiary/aromatic N) is 5. The Morgan fingerprint density at radius 2 is 2.11 bits per heavy atom. The van der Waals surface area contributed by atoms with Gasteiger partial charge in [-0.25, -0.2) is 4.98 Å². The molecule has 8 heteroatoms. The minimum absolute atomic E-state index is 0.0476. The molecule has 1 N–H and O–H groups in total. The smallest absolute Gasteiger partial charge is 0.261 e. The number of aryl methyl sites for hydroxylation is 1. The lowest BCUT2D eigenvalue weighted by molar-refractivity contribution is -0.132. The van der Waals surface area contributed by atoms with E-state index in [1.807, 2.05) is 16.8 Å². The molecule has 0 radical (unpaired) electrons. The van der Waals surface area contributed by atoms with E-state index in [-0.39, 0.29) is 18.0 Å². The summed E-state index contributed by atoms with van der Waals surface area (Å²) in [6.07, 6.45) is 1.55. The van der Waals surface area contributed by atoms with Crippen LogP contribution in [0.4, 0.5) is 0 Å². The van der Waals surface area contributed by atoms with Crippen molar-refractivity contribution < 1.29 is 9.90 Å². The van der Waals surface area contributed by atoms with Crippen LogP contribution in [-0.4, -0.2) is 41.8 Å². The molecule has 8 nitrogen and oxygen atoms in total. The van der Waals surface area contributed by atoms with Gasteiger partial charge in [0.1, 0.15) is 6.54 Å². The van der Waals surface area contributed by atoms with E-state index < -0.39 is 6.10 Å². The molecule has 1 aromatic carbocycles. The molecule has 1 aliphatic heterocycles. The van der Waals surface area contributed by atoms with Gasteiger partial charge in [0.05, 0.1) is 41.3 Å². The van der Waals surface area contributed by atoms with Gasteiger partial charge in [-0.2, -0.15) is 5.10 Å². The van der Waals surface area contributed by atoms with Crippen molar-refractivity contribution in [3.05, 3.63) is 58.4 Å². The number of amides is 1. The Morgan fingerprint density at radius 3 is 2.93 bits per heavy atom. The Kier molecular flexibility index (Phi) is 4.49. The second-order valence-electron chi connectivity index (χ2n) is 6.82. The Balaban J connectivity index is 1.56. The Hall–Kier alpha value is -3.00. The second-order valence-corrected chi connectivity index (χ2v) is 6.82. The van der Waals surface area contributed by atoms with Crippen molar-refractivity contribution in [2.75, 3.05) is 6.54 Å². The quantitative estimate of drug-likeness (QED) is 0.748. The van der Waals surface area contributed by atoms with E-state index in [4.69, 9.17) is 0 Å². The van der Waals surface area contributed by atoms with E-state index in [0.29, 0.717) is 36.2 Å². The summed E-state index contributed by atoms with van der Waals surface area (Å²) in [5.41, 5.74) is 1.90. The molecule has 1 aliphatic rings. The minimum atomic E-state index is -0.643. The molecule has 140 valence electrons. The highest BCUT2D eigenvalue weighted by molar-refractivity contribution is 5.79. The fraction of sp³-hybridized carbons (Fsp3) is 0.368. The Morgan fingerprint density at radius 1 is 1.30 bits per heavy atom. The molecule has 0 fully saturated rings. The van der Waals surface area contributed by atoms with Crippen LogP contribution in [0.5, 0.6) is 0 Å². The number of aliphatic hydroxyl groups is 1. The zero-order valence-electron chi connectivity index (χ0n) is 15.1. The van der Waals surface area contributed by atoms with Crippen LogP contribution in [0.3, 0.4) is 0 Å². The Bertz CT molecular complexity index is 1050. The topological polar surface area (TPSA) is 93.2 Å². The molecule has 4 rings (SSSR count). The fourth-order valence-electron chi connectivity index (χ4n) is 3.37. The van der Waals surface area contributed by atoms with Crippen molar-refractivity contribution in [2.45, 2.75) is 39.1 Å². The number of para-hydroxylation sites is 1. The molecular weight excluding hydrogens is 346 g/mol. The Labute approximate surface area is 155 Å². The normalized spacial score (nSPS) is 15.4. The van der Waals surface area contributed by atoms with Gasteiger partial charge in [-0.3, -0.25) is 18.8 Å². The number of aromatic nitrogens is 4. The lowest BCUT2D eigenvalue weighted by atomic mass is 10.2. The number of carbonyl (C=O) groups is 1. The maximum atomic E-state index is 12.8. The van der Waals surface area contributed by atoms with E-state index >= 15 is 0 Å². The summed E-state index contributed by atoms with van der Waals surface area (Å²) >= 11 is 0. The lowest BCUT2D eigenvalue weighted by Crippen LogP contribution is -2.36.